The standard InChI is InChI=1S/C15H22O4/c1-12(2)19-14-7-4-13(5-8-14)6-9-15(16)18-11-10-17-3/h4-5,7-8,12H,6,9-11H2,1-3H3. The average Bonchev–Trinajstić information content (AvgIpc) is 2.37. The summed E-state index contributed by atoms with van der Waals surface area (Å²) in [5.41, 5.74) is 1.10. The van der Waals surface area contributed by atoms with Gasteiger partial charge >= 0.3 is 5.97 Å². The summed E-state index contributed by atoms with van der Waals surface area (Å²) in [6, 6.07) is 7.79. The lowest BCUT2D eigenvalue weighted by Crippen LogP contribution is -2.10. The van der Waals surface area contributed by atoms with Gasteiger partial charge in [0, 0.05) is 13.5 Å². The molecule has 19 heavy (non-hydrogen) atoms. The summed E-state index contributed by atoms with van der Waals surface area (Å²) >= 11 is 0. The molecule has 0 fully saturated rings. The summed E-state index contributed by atoms with van der Waals surface area (Å²) in [7, 11) is 1.58. The van der Waals surface area contributed by atoms with Crippen LogP contribution < -0.4 is 4.74 Å². The van der Waals surface area contributed by atoms with Crippen molar-refractivity contribution in [1.29, 1.82) is 0 Å². The van der Waals surface area contributed by atoms with Gasteiger partial charge in [-0.05, 0) is 38.0 Å². The van der Waals surface area contributed by atoms with Crippen LogP contribution in [0.4, 0.5) is 0 Å². The minimum Gasteiger partial charge on any atom is -0.491 e. The highest BCUT2D eigenvalue weighted by Crippen LogP contribution is 2.14. The Kier molecular flexibility index (Phi) is 6.97. The number of hydrogen-bond acceptors (Lipinski definition) is 4. The Labute approximate surface area is 114 Å². The van der Waals surface area contributed by atoms with Crippen LogP contribution in [0.5, 0.6) is 5.75 Å². The number of carbonyl (C=O) groups excluding carboxylic acids is 1. The lowest BCUT2D eigenvalue weighted by Gasteiger charge is -2.10. The Morgan fingerprint density at radius 1 is 1.16 bits per heavy atom. The van der Waals surface area contributed by atoms with E-state index < -0.39 is 0 Å². The van der Waals surface area contributed by atoms with Crippen LogP contribution in [-0.2, 0) is 20.7 Å². The molecule has 0 unspecified atom stereocenters. The van der Waals surface area contributed by atoms with Gasteiger partial charge in [-0.2, -0.15) is 0 Å². The van der Waals surface area contributed by atoms with Gasteiger partial charge in [0.1, 0.15) is 12.4 Å². The van der Waals surface area contributed by atoms with Crippen LogP contribution in [0.1, 0.15) is 25.8 Å². The molecule has 1 aromatic rings. The number of hydrogen-bond donors (Lipinski definition) is 0. The Bertz CT molecular complexity index is 370. The molecule has 0 heterocycles. The van der Waals surface area contributed by atoms with Crippen molar-refractivity contribution in [3.63, 3.8) is 0 Å². The summed E-state index contributed by atoms with van der Waals surface area (Å²) in [4.78, 5) is 11.4. The molecule has 0 aromatic heterocycles. The monoisotopic (exact) mass is 266 g/mol. The van der Waals surface area contributed by atoms with Crippen LogP contribution in [0.15, 0.2) is 24.3 Å². The number of methoxy groups -OCH3 is 1. The Balaban J connectivity index is 2.31. The van der Waals surface area contributed by atoms with Gasteiger partial charge in [-0.25, -0.2) is 0 Å². The van der Waals surface area contributed by atoms with Gasteiger partial charge in [-0.15, -0.1) is 0 Å². The van der Waals surface area contributed by atoms with Crippen LogP contribution in [-0.4, -0.2) is 32.4 Å². The number of aryl methyl sites for hydroxylation is 1. The zero-order valence-electron chi connectivity index (χ0n) is 11.8. The fraction of sp³-hybridized carbons (Fsp3) is 0.533. The van der Waals surface area contributed by atoms with Gasteiger partial charge < -0.3 is 14.2 Å². The molecule has 1 rings (SSSR count). The third kappa shape index (κ3) is 6.82. The lowest BCUT2D eigenvalue weighted by atomic mass is 10.1. The van der Waals surface area contributed by atoms with Crippen molar-refractivity contribution >= 4 is 5.97 Å². The molecule has 0 N–H and O–H groups in total. The average molecular weight is 266 g/mol. The highest BCUT2D eigenvalue weighted by Gasteiger charge is 2.04. The summed E-state index contributed by atoms with van der Waals surface area (Å²) in [6.07, 6.45) is 1.23. The smallest absolute Gasteiger partial charge is 0.306 e. The van der Waals surface area contributed by atoms with E-state index in [4.69, 9.17) is 14.2 Å². The predicted molar refractivity (Wildman–Crippen MR) is 73.4 cm³/mol. The van der Waals surface area contributed by atoms with E-state index in [0.29, 0.717) is 26.1 Å². The van der Waals surface area contributed by atoms with Crippen LogP contribution in [0.3, 0.4) is 0 Å². The van der Waals surface area contributed by atoms with E-state index in [2.05, 4.69) is 0 Å². The molecule has 4 heteroatoms. The van der Waals surface area contributed by atoms with E-state index in [1.165, 1.54) is 0 Å². The minimum absolute atomic E-state index is 0.168. The second-order valence-corrected chi connectivity index (χ2v) is 4.52. The van der Waals surface area contributed by atoms with Crippen molar-refractivity contribution in [3.8, 4) is 5.75 Å². The number of rotatable bonds is 8. The first-order valence-electron chi connectivity index (χ1n) is 6.52. The summed E-state index contributed by atoms with van der Waals surface area (Å²) in [6.45, 7) is 4.73. The fourth-order valence-electron chi connectivity index (χ4n) is 1.56. The van der Waals surface area contributed by atoms with Crippen LogP contribution in [0, 0.1) is 0 Å². The minimum atomic E-state index is -0.195. The first kappa shape index (κ1) is 15.5. The lowest BCUT2D eigenvalue weighted by molar-refractivity contribution is -0.144. The van der Waals surface area contributed by atoms with E-state index in [-0.39, 0.29) is 12.1 Å². The van der Waals surface area contributed by atoms with Crippen molar-refractivity contribution in [2.24, 2.45) is 0 Å². The van der Waals surface area contributed by atoms with Crippen molar-refractivity contribution in [3.05, 3.63) is 29.8 Å². The molecule has 0 saturated carbocycles. The van der Waals surface area contributed by atoms with Crippen molar-refractivity contribution in [2.45, 2.75) is 32.8 Å². The topological polar surface area (TPSA) is 44.8 Å². The van der Waals surface area contributed by atoms with Gasteiger partial charge in [0.2, 0.25) is 0 Å². The zero-order valence-corrected chi connectivity index (χ0v) is 11.8. The Morgan fingerprint density at radius 3 is 2.42 bits per heavy atom. The molecular weight excluding hydrogens is 244 g/mol. The number of benzene rings is 1. The second kappa shape index (κ2) is 8.53. The molecular formula is C15H22O4. The zero-order chi connectivity index (χ0) is 14.1. The molecule has 0 saturated heterocycles. The van der Waals surface area contributed by atoms with Crippen molar-refractivity contribution < 1.29 is 19.0 Å². The maximum absolute atomic E-state index is 11.4. The van der Waals surface area contributed by atoms with E-state index in [9.17, 15) is 4.79 Å². The maximum atomic E-state index is 11.4. The van der Waals surface area contributed by atoms with E-state index >= 15 is 0 Å². The molecule has 0 spiro atoms. The van der Waals surface area contributed by atoms with E-state index in [1.54, 1.807) is 7.11 Å². The normalized spacial score (nSPS) is 10.5. The van der Waals surface area contributed by atoms with E-state index in [1.807, 2.05) is 38.1 Å². The summed E-state index contributed by atoms with van der Waals surface area (Å²) < 4.78 is 15.4. The molecule has 4 nitrogen and oxygen atoms in total. The van der Waals surface area contributed by atoms with Gasteiger partial charge in [0.25, 0.3) is 0 Å². The quantitative estimate of drug-likeness (QED) is 0.536. The third-order valence-electron chi connectivity index (χ3n) is 2.46. The molecule has 0 radical (unpaired) electrons. The molecule has 0 bridgehead atoms. The third-order valence-corrected chi connectivity index (χ3v) is 2.46. The molecule has 0 aliphatic rings. The highest BCUT2D eigenvalue weighted by molar-refractivity contribution is 5.69. The number of esters is 1. The van der Waals surface area contributed by atoms with Crippen LogP contribution in [0.2, 0.25) is 0 Å². The van der Waals surface area contributed by atoms with Gasteiger partial charge in [0.15, 0.2) is 0 Å². The van der Waals surface area contributed by atoms with E-state index in [0.717, 1.165) is 11.3 Å². The van der Waals surface area contributed by atoms with Gasteiger partial charge in [0.05, 0.1) is 12.7 Å². The second-order valence-electron chi connectivity index (χ2n) is 4.52. The van der Waals surface area contributed by atoms with Crippen LogP contribution in [0.25, 0.3) is 0 Å². The molecule has 106 valence electrons. The van der Waals surface area contributed by atoms with Crippen molar-refractivity contribution in [2.75, 3.05) is 20.3 Å². The van der Waals surface area contributed by atoms with Crippen molar-refractivity contribution in [1.82, 2.24) is 0 Å². The van der Waals surface area contributed by atoms with Gasteiger partial charge in [-0.1, -0.05) is 12.1 Å². The van der Waals surface area contributed by atoms with Gasteiger partial charge in [-0.3, -0.25) is 4.79 Å². The summed E-state index contributed by atoms with van der Waals surface area (Å²) in [5.74, 6) is 0.654. The molecule has 1 aromatic carbocycles. The molecule has 0 amide bonds. The first-order chi connectivity index (χ1) is 9.11. The molecule has 0 atom stereocenters. The number of ether oxygens (including phenoxy) is 3. The summed E-state index contributed by atoms with van der Waals surface area (Å²) in [5, 5.41) is 0. The Morgan fingerprint density at radius 2 is 1.84 bits per heavy atom. The highest BCUT2D eigenvalue weighted by atomic mass is 16.6. The SMILES string of the molecule is COCCOC(=O)CCc1ccc(OC(C)C)cc1. The van der Waals surface area contributed by atoms with Crippen LogP contribution >= 0.6 is 0 Å². The Hall–Kier alpha value is -1.55. The number of carbonyl (C=O) groups is 1. The molecule has 0 aliphatic heterocycles. The predicted octanol–water partition coefficient (Wildman–Crippen LogP) is 2.60. The first-order valence-corrected chi connectivity index (χ1v) is 6.52. The largest absolute Gasteiger partial charge is 0.491 e. The maximum Gasteiger partial charge on any atom is 0.306 e. The molecule has 0 aliphatic carbocycles. The fourth-order valence-corrected chi connectivity index (χ4v) is 1.56.